The summed E-state index contributed by atoms with van der Waals surface area (Å²) in [5.41, 5.74) is 1.91. The molecule has 1 aliphatic heterocycles. The van der Waals surface area contributed by atoms with Crippen molar-refractivity contribution in [2.24, 2.45) is 0 Å². The van der Waals surface area contributed by atoms with Gasteiger partial charge in [-0.1, -0.05) is 12.1 Å². The van der Waals surface area contributed by atoms with E-state index < -0.39 is 5.82 Å². The number of hydrogen-bond acceptors (Lipinski definition) is 3. The lowest BCUT2D eigenvalue weighted by Crippen LogP contribution is -2.46. The van der Waals surface area contributed by atoms with Crippen molar-refractivity contribution >= 4 is 18.3 Å². The zero-order valence-corrected chi connectivity index (χ0v) is 16.0. The first-order valence-electron chi connectivity index (χ1n) is 8.82. The second kappa shape index (κ2) is 9.78. The molecule has 1 fully saturated rings. The molecule has 0 atom stereocenters. The van der Waals surface area contributed by atoms with E-state index in [0.29, 0.717) is 23.2 Å². The van der Waals surface area contributed by atoms with Crippen molar-refractivity contribution in [2.75, 3.05) is 39.3 Å². The molecule has 1 aliphatic rings. The lowest BCUT2D eigenvalue weighted by atomic mass is 9.98. The van der Waals surface area contributed by atoms with Crippen LogP contribution in [0.2, 0.25) is 0 Å². The number of carbonyl (C=O) groups excluding carboxylic acids is 1. The van der Waals surface area contributed by atoms with Gasteiger partial charge in [0, 0.05) is 50.4 Å². The fourth-order valence-corrected chi connectivity index (χ4v) is 3.17. The molecule has 1 saturated heterocycles. The predicted octanol–water partition coefficient (Wildman–Crippen LogP) is 3.00. The minimum Gasteiger partial charge on any atom is -0.351 e. The second-order valence-electron chi connectivity index (χ2n) is 6.50. The maximum atomic E-state index is 14.5. The number of nitrogens with one attached hydrogen (secondary N) is 2. The van der Waals surface area contributed by atoms with Crippen molar-refractivity contribution in [2.45, 2.75) is 6.92 Å². The van der Waals surface area contributed by atoms with Crippen LogP contribution in [-0.4, -0.2) is 50.1 Å². The van der Waals surface area contributed by atoms with E-state index in [1.54, 1.807) is 25.1 Å². The number of halogens is 3. The van der Waals surface area contributed by atoms with Crippen LogP contribution in [0.15, 0.2) is 36.4 Å². The van der Waals surface area contributed by atoms with E-state index in [1.807, 2.05) is 0 Å². The smallest absolute Gasteiger partial charge is 0.251 e. The van der Waals surface area contributed by atoms with Crippen LogP contribution in [0.25, 0.3) is 11.1 Å². The van der Waals surface area contributed by atoms with Gasteiger partial charge in [0.2, 0.25) is 0 Å². The maximum absolute atomic E-state index is 14.5. The molecule has 2 aromatic carbocycles. The Morgan fingerprint density at radius 3 is 2.48 bits per heavy atom. The molecule has 0 aromatic heterocycles. The van der Waals surface area contributed by atoms with E-state index in [1.165, 1.54) is 18.2 Å². The number of aryl methyl sites for hydroxylation is 1. The topological polar surface area (TPSA) is 44.4 Å². The van der Waals surface area contributed by atoms with Gasteiger partial charge < -0.3 is 10.6 Å². The van der Waals surface area contributed by atoms with Crippen LogP contribution >= 0.6 is 12.4 Å². The van der Waals surface area contributed by atoms with Crippen molar-refractivity contribution in [1.29, 1.82) is 0 Å². The Kier molecular flexibility index (Phi) is 7.71. The van der Waals surface area contributed by atoms with Crippen LogP contribution in [0.5, 0.6) is 0 Å². The van der Waals surface area contributed by atoms with Crippen LogP contribution < -0.4 is 10.6 Å². The third-order valence-corrected chi connectivity index (χ3v) is 4.63. The largest absolute Gasteiger partial charge is 0.351 e. The Balaban J connectivity index is 0.00000261. The zero-order valence-electron chi connectivity index (χ0n) is 15.2. The van der Waals surface area contributed by atoms with Crippen molar-refractivity contribution < 1.29 is 13.6 Å². The van der Waals surface area contributed by atoms with Crippen molar-refractivity contribution in [3.8, 4) is 11.1 Å². The van der Waals surface area contributed by atoms with Crippen LogP contribution in [0.3, 0.4) is 0 Å². The lowest BCUT2D eigenvalue weighted by Gasteiger charge is -2.27. The molecule has 2 aromatic rings. The molecule has 0 radical (unpaired) electrons. The molecule has 1 heterocycles. The number of benzene rings is 2. The Labute approximate surface area is 164 Å². The number of rotatable bonds is 5. The molecule has 27 heavy (non-hydrogen) atoms. The summed E-state index contributed by atoms with van der Waals surface area (Å²) in [7, 11) is 0. The highest BCUT2D eigenvalue weighted by Gasteiger charge is 2.14. The maximum Gasteiger partial charge on any atom is 0.251 e. The van der Waals surface area contributed by atoms with E-state index in [9.17, 15) is 13.6 Å². The summed E-state index contributed by atoms with van der Waals surface area (Å²) < 4.78 is 27.7. The van der Waals surface area contributed by atoms with E-state index in [-0.39, 0.29) is 29.7 Å². The summed E-state index contributed by atoms with van der Waals surface area (Å²) in [4.78, 5) is 14.5. The van der Waals surface area contributed by atoms with Crippen molar-refractivity contribution in [3.05, 3.63) is 59.2 Å². The summed E-state index contributed by atoms with van der Waals surface area (Å²) in [6.45, 7) is 6.90. The van der Waals surface area contributed by atoms with E-state index >= 15 is 0 Å². The number of amides is 1. The van der Waals surface area contributed by atoms with E-state index in [0.717, 1.165) is 32.7 Å². The summed E-state index contributed by atoms with van der Waals surface area (Å²) in [5, 5.41) is 6.11. The quantitative estimate of drug-likeness (QED) is 0.818. The van der Waals surface area contributed by atoms with Crippen LogP contribution in [-0.2, 0) is 0 Å². The minimum absolute atomic E-state index is 0. The Morgan fingerprint density at radius 2 is 1.81 bits per heavy atom. The average Bonchev–Trinajstić information content (AvgIpc) is 2.63. The molecule has 3 rings (SSSR count). The van der Waals surface area contributed by atoms with Crippen LogP contribution in [0, 0.1) is 18.6 Å². The molecule has 0 unspecified atom stereocenters. The van der Waals surface area contributed by atoms with Gasteiger partial charge in [0.1, 0.15) is 11.6 Å². The molecule has 0 aliphatic carbocycles. The molecule has 0 spiro atoms. The lowest BCUT2D eigenvalue weighted by molar-refractivity contribution is 0.0947. The molecule has 146 valence electrons. The molecule has 0 bridgehead atoms. The molecular weight excluding hydrogens is 372 g/mol. The van der Waals surface area contributed by atoms with Gasteiger partial charge in [-0.15, -0.1) is 12.4 Å². The Bertz CT molecular complexity index is 795. The minimum atomic E-state index is -0.491. The molecule has 1 amide bonds. The predicted molar refractivity (Wildman–Crippen MR) is 105 cm³/mol. The Hall–Kier alpha value is -2.02. The standard InChI is InChI=1S/C20H23F2N3O.ClH/c1-14-12-16(21)3-5-17(14)18-4-2-15(13-19(18)22)20(26)24-8-11-25-9-6-23-7-10-25;/h2-5,12-13,23H,6-11H2,1H3,(H,24,26);1H. The highest BCUT2D eigenvalue weighted by Crippen LogP contribution is 2.27. The number of carbonyl (C=O) groups is 1. The van der Waals surface area contributed by atoms with Gasteiger partial charge in [-0.2, -0.15) is 0 Å². The summed E-state index contributed by atoms with van der Waals surface area (Å²) in [6, 6.07) is 8.63. The Morgan fingerprint density at radius 1 is 1.11 bits per heavy atom. The zero-order chi connectivity index (χ0) is 18.5. The monoisotopic (exact) mass is 395 g/mol. The van der Waals surface area contributed by atoms with Crippen LogP contribution in [0.4, 0.5) is 8.78 Å². The third kappa shape index (κ3) is 5.48. The van der Waals surface area contributed by atoms with Gasteiger partial charge in [-0.3, -0.25) is 9.69 Å². The normalized spacial score (nSPS) is 14.5. The highest BCUT2D eigenvalue weighted by molar-refractivity contribution is 5.94. The summed E-state index contributed by atoms with van der Waals surface area (Å²) in [5.74, 6) is -1.14. The highest BCUT2D eigenvalue weighted by atomic mass is 35.5. The van der Waals surface area contributed by atoms with Gasteiger partial charge >= 0.3 is 0 Å². The molecular formula is C20H24ClF2N3O. The number of nitrogens with zero attached hydrogens (tertiary/aromatic N) is 1. The number of hydrogen-bond donors (Lipinski definition) is 2. The fraction of sp³-hybridized carbons (Fsp3) is 0.350. The van der Waals surface area contributed by atoms with Crippen molar-refractivity contribution in [1.82, 2.24) is 15.5 Å². The molecule has 2 N–H and O–H groups in total. The summed E-state index contributed by atoms with van der Waals surface area (Å²) in [6.07, 6.45) is 0. The van der Waals surface area contributed by atoms with E-state index in [2.05, 4.69) is 15.5 Å². The first kappa shape index (κ1) is 21.3. The average molecular weight is 396 g/mol. The van der Waals surface area contributed by atoms with Gasteiger partial charge in [0.05, 0.1) is 0 Å². The second-order valence-corrected chi connectivity index (χ2v) is 6.50. The van der Waals surface area contributed by atoms with Crippen LogP contribution in [0.1, 0.15) is 15.9 Å². The molecule has 0 saturated carbocycles. The van der Waals surface area contributed by atoms with Gasteiger partial charge in [-0.05, 0) is 42.3 Å². The fourth-order valence-electron chi connectivity index (χ4n) is 3.17. The van der Waals surface area contributed by atoms with Crippen molar-refractivity contribution in [3.63, 3.8) is 0 Å². The molecule has 7 heteroatoms. The summed E-state index contributed by atoms with van der Waals surface area (Å²) >= 11 is 0. The van der Waals surface area contributed by atoms with E-state index in [4.69, 9.17) is 0 Å². The van der Waals surface area contributed by atoms with Gasteiger partial charge in [-0.25, -0.2) is 8.78 Å². The number of piperazine rings is 1. The third-order valence-electron chi connectivity index (χ3n) is 4.63. The first-order chi connectivity index (χ1) is 12.5. The van der Waals surface area contributed by atoms with Gasteiger partial charge in [0.25, 0.3) is 5.91 Å². The first-order valence-corrected chi connectivity index (χ1v) is 8.82. The SMILES string of the molecule is Cc1cc(F)ccc1-c1ccc(C(=O)NCCN2CCNCC2)cc1F.Cl. The van der Waals surface area contributed by atoms with Gasteiger partial charge in [0.15, 0.2) is 0 Å². The molecule has 4 nitrogen and oxygen atoms in total.